The minimum atomic E-state index is -4.50. The molecule has 3 aromatic rings. The van der Waals surface area contributed by atoms with Gasteiger partial charge < -0.3 is 5.32 Å². The Bertz CT molecular complexity index is 943. The molecule has 1 atom stereocenters. The summed E-state index contributed by atoms with van der Waals surface area (Å²) >= 11 is 1.47. The van der Waals surface area contributed by atoms with E-state index in [1.807, 2.05) is 11.4 Å². The van der Waals surface area contributed by atoms with E-state index in [1.54, 1.807) is 13.0 Å². The number of alkyl halides is 3. The zero-order chi connectivity index (χ0) is 18.0. The van der Waals surface area contributed by atoms with Crippen LogP contribution in [0, 0.1) is 11.3 Å². The summed E-state index contributed by atoms with van der Waals surface area (Å²) in [4.78, 5) is 9.14. The average molecular weight is 362 g/mol. The van der Waals surface area contributed by atoms with Gasteiger partial charge in [-0.3, -0.25) is 0 Å². The first-order chi connectivity index (χ1) is 11.9. The van der Waals surface area contributed by atoms with Gasteiger partial charge in [0.25, 0.3) is 0 Å². The summed E-state index contributed by atoms with van der Waals surface area (Å²) in [7, 11) is 0. The van der Waals surface area contributed by atoms with Gasteiger partial charge >= 0.3 is 6.18 Å². The van der Waals surface area contributed by atoms with E-state index in [-0.39, 0.29) is 23.6 Å². The molecule has 2 aromatic heterocycles. The Morgan fingerprint density at radius 1 is 1.28 bits per heavy atom. The summed E-state index contributed by atoms with van der Waals surface area (Å²) in [6.07, 6.45) is -2.93. The summed E-state index contributed by atoms with van der Waals surface area (Å²) in [5, 5.41) is 14.7. The molecular weight excluding hydrogens is 349 g/mol. The number of nitriles is 1. The maximum atomic E-state index is 13.3. The van der Waals surface area contributed by atoms with E-state index < -0.39 is 11.7 Å². The van der Waals surface area contributed by atoms with Crippen molar-refractivity contribution in [3.8, 4) is 6.07 Å². The highest BCUT2D eigenvalue weighted by molar-refractivity contribution is 7.16. The van der Waals surface area contributed by atoms with Crippen molar-refractivity contribution in [3.05, 3.63) is 52.7 Å². The maximum absolute atomic E-state index is 13.3. The number of anilines is 1. The first-order valence-corrected chi connectivity index (χ1v) is 8.31. The topological polar surface area (TPSA) is 61.6 Å². The van der Waals surface area contributed by atoms with E-state index in [0.29, 0.717) is 5.82 Å². The van der Waals surface area contributed by atoms with Crippen molar-refractivity contribution in [1.29, 1.82) is 5.26 Å². The van der Waals surface area contributed by atoms with Crippen LogP contribution in [0.5, 0.6) is 0 Å². The molecule has 8 heteroatoms. The van der Waals surface area contributed by atoms with E-state index in [2.05, 4.69) is 15.3 Å². The molecule has 4 nitrogen and oxygen atoms in total. The second-order valence-corrected chi connectivity index (χ2v) is 6.49. The van der Waals surface area contributed by atoms with Crippen molar-refractivity contribution in [2.45, 2.75) is 25.6 Å². The molecule has 0 radical (unpaired) electrons. The van der Waals surface area contributed by atoms with Crippen LogP contribution >= 0.6 is 11.3 Å². The number of benzene rings is 1. The Morgan fingerprint density at radius 2 is 2.08 bits per heavy atom. The molecule has 0 amide bonds. The van der Waals surface area contributed by atoms with Crippen molar-refractivity contribution in [1.82, 2.24) is 9.97 Å². The molecular formula is C17H13F3N4S. The Morgan fingerprint density at radius 3 is 2.80 bits per heavy atom. The second-order valence-electron chi connectivity index (χ2n) is 5.59. The van der Waals surface area contributed by atoms with Gasteiger partial charge in [0.05, 0.1) is 22.6 Å². The zero-order valence-corrected chi connectivity index (χ0v) is 13.9. The van der Waals surface area contributed by atoms with Crippen molar-refractivity contribution >= 4 is 27.4 Å². The van der Waals surface area contributed by atoms with Gasteiger partial charge in [-0.15, -0.1) is 11.3 Å². The fourth-order valence-electron chi connectivity index (χ4n) is 2.61. The zero-order valence-electron chi connectivity index (χ0n) is 13.1. The van der Waals surface area contributed by atoms with Crippen LogP contribution in [0.4, 0.5) is 19.0 Å². The fraction of sp³-hybridized carbons (Fsp3) is 0.235. The Labute approximate surface area is 146 Å². The van der Waals surface area contributed by atoms with E-state index in [0.717, 1.165) is 16.3 Å². The molecule has 0 aliphatic rings. The number of aromatic nitrogens is 2. The number of nitrogens with zero attached hydrogens (tertiary/aromatic N) is 3. The second kappa shape index (κ2) is 6.69. The van der Waals surface area contributed by atoms with Gasteiger partial charge in [-0.2, -0.15) is 18.4 Å². The van der Waals surface area contributed by atoms with Gasteiger partial charge in [0.15, 0.2) is 0 Å². The number of thiophene rings is 1. The quantitative estimate of drug-likeness (QED) is 0.735. The number of hydrogen-bond donors (Lipinski definition) is 1. The third-order valence-corrected chi connectivity index (χ3v) is 4.54. The third-order valence-electron chi connectivity index (χ3n) is 3.72. The molecule has 0 saturated carbocycles. The molecule has 128 valence electrons. The van der Waals surface area contributed by atoms with Gasteiger partial charge in [0.2, 0.25) is 0 Å². The molecule has 2 heterocycles. The first-order valence-electron chi connectivity index (χ1n) is 7.43. The minimum Gasteiger partial charge on any atom is -0.367 e. The number of nitrogens with one attached hydrogen (secondary N) is 1. The number of rotatable bonds is 4. The average Bonchev–Trinajstić information content (AvgIpc) is 3.04. The largest absolute Gasteiger partial charge is 0.416 e. The molecule has 1 aromatic carbocycles. The van der Waals surface area contributed by atoms with Crippen LogP contribution in [0.2, 0.25) is 0 Å². The van der Waals surface area contributed by atoms with E-state index >= 15 is 0 Å². The van der Waals surface area contributed by atoms with Gasteiger partial charge in [0, 0.05) is 6.04 Å². The first kappa shape index (κ1) is 17.2. The summed E-state index contributed by atoms with van der Waals surface area (Å²) in [5.74, 6) is 0.598. The maximum Gasteiger partial charge on any atom is 0.416 e. The molecule has 0 aliphatic carbocycles. The molecule has 25 heavy (non-hydrogen) atoms. The summed E-state index contributed by atoms with van der Waals surface area (Å²) in [5.41, 5.74) is -0.641. The Kier molecular flexibility index (Phi) is 4.59. The molecule has 0 fully saturated rings. The summed E-state index contributed by atoms with van der Waals surface area (Å²) in [6, 6.07) is 6.99. The summed E-state index contributed by atoms with van der Waals surface area (Å²) in [6.45, 7) is 1.79. The van der Waals surface area contributed by atoms with E-state index in [1.165, 1.54) is 29.8 Å². The standard InChI is InChI=1S/C17H13F3N4S/c1-10(24-15-13-4-5-25-16(13)23-9-22-15)6-12-3-2-11(8-21)7-14(12)17(18,19)20/h2-5,7,9-10H,6H2,1H3,(H,22,23,24). The van der Waals surface area contributed by atoms with Gasteiger partial charge in [0.1, 0.15) is 17.0 Å². The van der Waals surface area contributed by atoms with Gasteiger partial charge in [-0.25, -0.2) is 9.97 Å². The smallest absolute Gasteiger partial charge is 0.367 e. The van der Waals surface area contributed by atoms with Crippen LogP contribution in [-0.4, -0.2) is 16.0 Å². The molecule has 1 unspecified atom stereocenters. The Balaban J connectivity index is 1.85. The SMILES string of the molecule is CC(Cc1ccc(C#N)cc1C(F)(F)F)Nc1ncnc2sccc12. The van der Waals surface area contributed by atoms with Gasteiger partial charge in [-0.1, -0.05) is 6.07 Å². The van der Waals surface area contributed by atoms with Crippen LogP contribution < -0.4 is 5.32 Å². The number of hydrogen-bond acceptors (Lipinski definition) is 5. The predicted molar refractivity (Wildman–Crippen MR) is 90.4 cm³/mol. The lowest BCUT2D eigenvalue weighted by Crippen LogP contribution is -2.21. The lowest BCUT2D eigenvalue weighted by atomic mass is 9.98. The van der Waals surface area contributed by atoms with Crippen molar-refractivity contribution in [2.24, 2.45) is 0 Å². The van der Waals surface area contributed by atoms with E-state index in [4.69, 9.17) is 5.26 Å². The minimum absolute atomic E-state index is 0.00697. The lowest BCUT2D eigenvalue weighted by Gasteiger charge is -2.18. The highest BCUT2D eigenvalue weighted by Gasteiger charge is 2.33. The molecule has 3 rings (SSSR count). The molecule has 0 spiro atoms. The highest BCUT2D eigenvalue weighted by Crippen LogP contribution is 2.33. The van der Waals surface area contributed by atoms with Crippen molar-refractivity contribution in [3.63, 3.8) is 0 Å². The molecule has 0 saturated heterocycles. The van der Waals surface area contributed by atoms with Crippen LogP contribution in [-0.2, 0) is 12.6 Å². The van der Waals surface area contributed by atoms with Crippen LogP contribution in [0.3, 0.4) is 0 Å². The predicted octanol–water partition coefficient (Wildman–Crippen LogP) is 4.62. The Hall–Kier alpha value is -2.66. The van der Waals surface area contributed by atoms with Crippen LogP contribution in [0.1, 0.15) is 23.6 Å². The number of fused-ring (bicyclic) bond motifs is 1. The van der Waals surface area contributed by atoms with Crippen LogP contribution in [0.15, 0.2) is 36.0 Å². The molecule has 1 N–H and O–H groups in total. The fourth-order valence-corrected chi connectivity index (χ4v) is 3.34. The highest BCUT2D eigenvalue weighted by atomic mass is 32.1. The number of halogens is 3. The van der Waals surface area contributed by atoms with Crippen LogP contribution in [0.25, 0.3) is 10.2 Å². The molecule has 0 aliphatic heterocycles. The van der Waals surface area contributed by atoms with Crippen molar-refractivity contribution in [2.75, 3.05) is 5.32 Å². The van der Waals surface area contributed by atoms with Crippen molar-refractivity contribution < 1.29 is 13.2 Å². The molecule has 0 bridgehead atoms. The summed E-state index contributed by atoms with van der Waals surface area (Å²) < 4.78 is 39.8. The lowest BCUT2D eigenvalue weighted by molar-refractivity contribution is -0.138. The monoisotopic (exact) mass is 362 g/mol. The van der Waals surface area contributed by atoms with Gasteiger partial charge in [-0.05, 0) is 42.5 Å². The van der Waals surface area contributed by atoms with E-state index in [9.17, 15) is 13.2 Å². The normalized spacial score (nSPS) is 12.8. The third kappa shape index (κ3) is 3.72.